The van der Waals surface area contributed by atoms with E-state index in [0.29, 0.717) is 23.2 Å². The summed E-state index contributed by atoms with van der Waals surface area (Å²) < 4.78 is 78.5. The summed E-state index contributed by atoms with van der Waals surface area (Å²) in [4.78, 5) is 3.62. The summed E-state index contributed by atoms with van der Waals surface area (Å²) in [5, 5.41) is 23.4. The van der Waals surface area contributed by atoms with Gasteiger partial charge in [0.15, 0.2) is 5.60 Å². The van der Waals surface area contributed by atoms with E-state index in [1.807, 2.05) is 0 Å². The van der Waals surface area contributed by atoms with Crippen molar-refractivity contribution in [2.75, 3.05) is 6.54 Å². The average molecular weight is 506 g/mol. The van der Waals surface area contributed by atoms with Crippen molar-refractivity contribution in [1.82, 2.24) is 9.99 Å². The first kappa shape index (κ1) is 26.3. The van der Waals surface area contributed by atoms with Crippen LogP contribution in [0.2, 0.25) is 0 Å². The smallest absolute Gasteiger partial charge is 0.323 e. The number of pyridine rings is 1. The number of nitrogens with zero attached hydrogens (tertiary/aromatic N) is 4. The maximum Gasteiger partial charge on any atom is 0.323 e. The van der Waals surface area contributed by atoms with Crippen LogP contribution in [0.25, 0.3) is 0 Å². The van der Waals surface area contributed by atoms with Crippen LogP contribution in [0.5, 0.6) is 5.75 Å². The third-order valence-electron chi connectivity index (χ3n) is 5.16. The molecule has 1 unspecified atom stereocenters. The molecule has 0 radical (unpaired) electrons. The number of alkyl halides is 2. The summed E-state index contributed by atoms with van der Waals surface area (Å²) in [5.41, 5.74) is -5.07. The first-order chi connectivity index (χ1) is 17.0. The molecule has 0 spiro atoms. The van der Waals surface area contributed by atoms with Crippen molar-refractivity contribution in [3.05, 3.63) is 94.6 Å². The third kappa shape index (κ3) is 5.35. The lowest BCUT2D eigenvalue weighted by molar-refractivity contribution is -0.203. The monoisotopic (exact) mass is 506 g/mol. The Morgan fingerprint density at radius 3 is 2.44 bits per heavy atom. The Bertz CT molecular complexity index is 1300. The number of hydrazone groups is 1. The molecular weight excluding hydrogens is 487 g/mol. The second-order valence-corrected chi connectivity index (χ2v) is 7.58. The largest absolute Gasteiger partial charge is 0.487 e. The second-order valence-electron chi connectivity index (χ2n) is 7.58. The molecule has 3 aromatic rings. The number of nitrogens with two attached hydrogens (primary N) is 2. The minimum Gasteiger partial charge on any atom is -0.487 e. The molecule has 1 heterocycles. The van der Waals surface area contributed by atoms with E-state index in [1.165, 1.54) is 12.1 Å². The molecule has 3 rings (SSSR count). The minimum absolute atomic E-state index is 0.0227. The topological polar surface area (TPSA) is 134 Å². The fourth-order valence-corrected chi connectivity index (χ4v) is 3.33. The fourth-order valence-electron chi connectivity index (χ4n) is 3.33. The summed E-state index contributed by atoms with van der Waals surface area (Å²) >= 11 is 0. The van der Waals surface area contributed by atoms with Crippen LogP contribution in [0.15, 0.2) is 59.8 Å². The van der Waals surface area contributed by atoms with Crippen molar-refractivity contribution in [1.29, 1.82) is 5.26 Å². The zero-order valence-electron chi connectivity index (χ0n) is 18.4. The van der Waals surface area contributed by atoms with Crippen LogP contribution in [-0.4, -0.2) is 28.0 Å². The van der Waals surface area contributed by atoms with E-state index in [4.69, 9.17) is 21.7 Å². The van der Waals surface area contributed by atoms with Crippen LogP contribution in [0.4, 0.5) is 22.0 Å². The SMILES string of the molecule is N#Cc1ccc(COc2ccc(C(F)(F)C(O)(CN(N)/C=N\N)c3ccc(F)cc3F)nc2)c(F)c1. The molecule has 0 aliphatic carbocycles. The molecule has 2 aromatic carbocycles. The highest BCUT2D eigenvalue weighted by atomic mass is 19.3. The van der Waals surface area contributed by atoms with Crippen LogP contribution in [0.3, 0.4) is 0 Å². The Hall–Kier alpha value is -4.28. The van der Waals surface area contributed by atoms with Gasteiger partial charge in [0, 0.05) is 17.2 Å². The highest BCUT2D eigenvalue weighted by molar-refractivity contribution is 5.53. The number of hydrogen-bond acceptors (Lipinski definition) is 7. The first-order valence-electron chi connectivity index (χ1n) is 10.1. The quantitative estimate of drug-likeness (QED) is 0.134. The Kier molecular flexibility index (Phi) is 7.71. The van der Waals surface area contributed by atoms with Crippen molar-refractivity contribution < 1.29 is 31.8 Å². The zero-order chi connectivity index (χ0) is 26.5. The molecule has 0 bridgehead atoms. The van der Waals surface area contributed by atoms with Gasteiger partial charge in [-0.3, -0.25) is 9.99 Å². The second kappa shape index (κ2) is 10.5. The lowest BCUT2D eigenvalue weighted by Gasteiger charge is -2.37. The molecule has 1 atom stereocenters. The highest BCUT2D eigenvalue weighted by Crippen LogP contribution is 2.46. The van der Waals surface area contributed by atoms with Crippen molar-refractivity contribution >= 4 is 6.34 Å². The number of hydrazine groups is 1. The van der Waals surface area contributed by atoms with E-state index < -0.39 is 46.8 Å². The average Bonchev–Trinajstić information content (AvgIpc) is 2.83. The number of aliphatic hydroxyl groups is 1. The molecule has 0 saturated carbocycles. The number of ether oxygens (including phenoxy) is 1. The van der Waals surface area contributed by atoms with Gasteiger partial charge in [-0.15, -0.1) is 0 Å². The Balaban J connectivity index is 1.90. The normalized spacial score (nSPS) is 13.3. The van der Waals surface area contributed by atoms with E-state index in [9.17, 15) is 18.3 Å². The maximum atomic E-state index is 15.6. The van der Waals surface area contributed by atoms with Crippen LogP contribution < -0.4 is 16.4 Å². The summed E-state index contributed by atoms with van der Waals surface area (Å²) in [6.07, 6.45) is 1.61. The van der Waals surface area contributed by atoms with Gasteiger partial charge in [-0.25, -0.2) is 19.0 Å². The minimum atomic E-state index is -4.27. The van der Waals surface area contributed by atoms with E-state index >= 15 is 8.78 Å². The standard InChI is InChI=1S/C23H19F5N6O2/c24-16-3-5-18(20(26)8-16)22(35,12-34(31)13-33-30)23(27,28)21-6-4-17(10-32-21)36-11-15-2-1-14(9-29)7-19(15)25/h1-8,10,13,35H,11-12,30-31H2/b33-13-. The summed E-state index contributed by atoms with van der Waals surface area (Å²) in [7, 11) is 0. The molecule has 0 saturated heterocycles. The number of benzene rings is 2. The Labute approximate surface area is 201 Å². The van der Waals surface area contributed by atoms with Crippen LogP contribution in [-0.2, 0) is 18.1 Å². The third-order valence-corrected chi connectivity index (χ3v) is 5.16. The van der Waals surface area contributed by atoms with Gasteiger partial charge in [-0.1, -0.05) is 6.07 Å². The molecule has 36 heavy (non-hydrogen) atoms. The maximum absolute atomic E-state index is 15.6. The van der Waals surface area contributed by atoms with Gasteiger partial charge in [0.05, 0.1) is 24.4 Å². The Morgan fingerprint density at radius 1 is 1.11 bits per heavy atom. The molecular formula is C23H19F5N6O2. The summed E-state index contributed by atoms with van der Waals surface area (Å²) in [6, 6.07) is 9.12. The number of aromatic nitrogens is 1. The van der Waals surface area contributed by atoms with Crippen molar-refractivity contribution in [2.24, 2.45) is 16.8 Å². The van der Waals surface area contributed by atoms with Crippen LogP contribution >= 0.6 is 0 Å². The van der Waals surface area contributed by atoms with Crippen LogP contribution in [0, 0.1) is 28.8 Å². The summed E-state index contributed by atoms with van der Waals surface area (Å²) in [5.74, 6) is 3.02. The molecule has 5 N–H and O–H groups in total. The molecule has 1 aromatic heterocycles. The molecule has 8 nitrogen and oxygen atoms in total. The predicted molar refractivity (Wildman–Crippen MR) is 117 cm³/mol. The molecule has 0 aliphatic heterocycles. The first-order valence-corrected chi connectivity index (χ1v) is 10.1. The molecule has 188 valence electrons. The van der Waals surface area contributed by atoms with E-state index in [-0.39, 0.29) is 23.5 Å². The summed E-state index contributed by atoms with van der Waals surface area (Å²) in [6.45, 7) is -1.40. The number of halogens is 5. The number of nitriles is 1. The molecule has 0 fully saturated rings. The van der Waals surface area contributed by atoms with Crippen molar-refractivity contribution in [3.8, 4) is 11.8 Å². The van der Waals surface area contributed by atoms with E-state index in [1.54, 1.807) is 6.07 Å². The number of hydrogen-bond donors (Lipinski definition) is 3. The van der Waals surface area contributed by atoms with Crippen LogP contribution in [0.1, 0.15) is 22.4 Å². The van der Waals surface area contributed by atoms with Gasteiger partial charge in [0.1, 0.15) is 41.8 Å². The fraction of sp³-hybridized carbons (Fsp3) is 0.174. The lowest BCUT2D eigenvalue weighted by Crippen LogP contribution is -2.53. The van der Waals surface area contributed by atoms with Crippen molar-refractivity contribution in [3.63, 3.8) is 0 Å². The molecule has 0 aliphatic rings. The molecule has 13 heteroatoms. The van der Waals surface area contributed by atoms with Gasteiger partial charge in [-0.05, 0) is 36.4 Å². The van der Waals surface area contributed by atoms with Gasteiger partial charge in [-0.2, -0.15) is 19.1 Å². The zero-order valence-corrected chi connectivity index (χ0v) is 18.4. The highest BCUT2D eigenvalue weighted by Gasteiger charge is 2.58. The van der Waals surface area contributed by atoms with E-state index in [0.717, 1.165) is 30.7 Å². The lowest BCUT2D eigenvalue weighted by atomic mass is 9.84. The van der Waals surface area contributed by atoms with E-state index in [2.05, 4.69) is 10.1 Å². The Morgan fingerprint density at radius 2 is 1.86 bits per heavy atom. The predicted octanol–water partition coefficient (Wildman–Crippen LogP) is 3.01. The van der Waals surface area contributed by atoms with Gasteiger partial charge in [0.25, 0.3) is 0 Å². The van der Waals surface area contributed by atoms with Crippen molar-refractivity contribution in [2.45, 2.75) is 18.1 Å². The van der Waals surface area contributed by atoms with Gasteiger partial charge in [0.2, 0.25) is 0 Å². The van der Waals surface area contributed by atoms with Gasteiger partial charge < -0.3 is 15.7 Å². The number of rotatable bonds is 9. The molecule has 0 amide bonds. The van der Waals surface area contributed by atoms with Gasteiger partial charge >= 0.3 is 5.92 Å².